The predicted molar refractivity (Wildman–Crippen MR) is 121 cm³/mol. The average Bonchev–Trinajstić information content (AvgIpc) is 3.10. The summed E-state index contributed by atoms with van der Waals surface area (Å²) in [5.41, 5.74) is 0.947. The molecule has 6 nitrogen and oxygen atoms in total. The molecule has 0 unspecified atom stereocenters. The van der Waals surface area contributed by atoms with Gasteiger partial charge in [-0.2, -0.15) is 0 Å². The van der Waals surface area contributed by atoms with Crippen molar-refractivity contribution >= 4 is 44.7 Å². The van der Waals surface area contributed by atoms with Crippen LogP contribution < -0.4 is 16.6 Å². The molecule has 0 aliphatic heterocycles. The lowest BCUT2D eigenvalue weighted by Gasteiger charge is -2.13. The highest BCUT2D eigenvalue weighted by Gasteiger charge is 2.18. The van der Waals surface area contributed by atoms with Crippen molar-refractivity contribution in [2.75, 3.05) is 5.32 Å². The molecular weight excluding hydrogens is 422 g/mol. The van der Waals surface area contributed by atoms with E-state index in [1.807, 2.05) is 19.9 Å². The first-order valence-electron chi connectivity index (χ1n) is 9.22. The number of anilines is 1. The predicted octanol–water partition coefficient (Wildman–Crippen LogP) is 4.12. The number of para-hydroxylation sites is 1. The van der Waals surface area contributed by atoms with Crippen LogP contribution in [-0.4, -0.2) is 15.0 Å². The fourth-order valence-corrected chi connectivity index (χ4v) is 4.53. The van der Waals surface area contributed by atoms with Gasteiger partial charge >= 0.3 is 5.69 Å². The quantitative estimate of drug-likeness (QED) is 0.519. The fourth-order valence-electron chi connectivity index (χ4n) is 3.32. The van der Waals surface area contributed by atoms with Crippen LogP contribution in [0.2, 0.25) is 5.02 Å². The Hall–Kier alpha value is -3.16. The van der Waals surface area contributed by atoms with E-state index in [1.54, 1.807) is 48.5 Å². The molecule has 8 heteroatoms. The number of fused-ring (bicyclic) bond motifs is 1. The summed E-state index contributed by atoms with van der Waals surface area (Å²) < 4.78 is 2.46. The van der Waals surface area contributed by atoms with Gasteiger partial charge in [0, 0.05) is 15.6 Å². The third kappa shape index (κ3) is 3.69. The summed E-state index contributed by atoms with van der Waals surface area (Å²) in [6.07, 6.45) is 0. The summed E-state index contributed by atoms with van der Waals surface area (Å²) in [7, 11) is 0. The van der Waals surface area contributed by atoms with E-state index >= 15 is 0 Å². The lowest BCUT2D eigenvalue weighted by atomic mass is 10.2. The molecule has 4 rings (SSSR count). The van der Waals surface area contributed by atoms with Gasteiger partial charge < -0.3 is 5.32 Å². The maximum atomic E-state index is 13.2. The van der Waals surface area contributed by atoms with E-state index in [1.165, 1.54) is 15.9 Å². The van der Waals surface area contributed by atoms with Crippen molar-refractivity contribution in [2.45, 2.75) is 20.4 Å². The normalized spacial score (nSPS) is 11.0. The second kappa shape index (κ2) is 7.93. The molecule has 152 valence electrons. The monoisotopic (exact) mass is 439 g/mol. The van der Waals surface area contributed by atoms with Gasteiger partial charge in [-0.15, -0.1) is 11.3 Å². The Labute approximate surface area is 181 Å². The van der Waals surface area contributed by atoms with Crippen LogP contribution in [0.5, 0.6) is 0 Å². The van der Waals surface area contributed by atoms with Crippen LogP contribution in [0.25, 0.3) is 15.9 Å². The maximum Gasteiger partial charge on any atom is 0.337 e. The molecule has 0 atom stereocenters. The summed E-state index contributed by atoms with van der Waals surface area (Å²) in [6.45, 7) is 3.48. The number of rotatable bonds is 4. The second-order valence-corrected chi connectivity index (χ2v) is 8.60. The van der Waals surface area contributed by atoms with Gasteiger partial charge in [0.2, 0.25) is 5.91 Å². The summed E-state index contributed by atoms with van der Waals surface area (Å²) in [6, 6.07) is 15.6. The number of amides is 1. The van der Waals surface area contributed by atoms with Gasteiger partial charge in [0.25, 0.3) is 5.56 Å². The number of thiophene rings is 1. The number of benzene rings is 2. The van der Waals surface area contributed by atoms with E-state index in [-0.39, 0.29) is 12.5 Å². The maximum absolute atomic E-state index is 13.2. The SMILES string of the molecule is Cc1cc2c(=O)n(-c3ccccc3)c(=O)n(CC(=O)Nc3ccc(Cl)cc3C)c2s1. The first kappa shape index (κ1) is 20.1. The molecule has 0 aliphatic carbocycles. The highest BCUT2D eigenvalue weighted by Crippen LogP contribution is 2.23. The first-order chi connectivity index (χ1) is 14.3. The molecule has 30 heavy (non-hydrogen) atoms. The Morgan fingerprint density at radius 1 is 1.07 bits per heavy atom. The lowest BCUT2D eigenvalue weighted by molar-refractivity contribution is -0.116. The van der Waals surface area contributed by atoms with E-state index in [0.717, 1.165) is 15.0 Å². The standard InChI is InChI=1S/C22H18ClN3O3S/c1-13-10-15(23)8-9-18(13)24-19(27)12-25-21-17(11-14(2)30-21)20(28)26(22(25)29)16-6-4-3-5-7-16/h3-11H,12H2,1-2H3,(H,24,27). The highest BCUT2D eigenvalue weighted by molar-refractivity contribution is 7.18. The molecule has 1 N–H and O–H groups in total. The average molecular weight is 440 g/mol. The topological polar surface area (TPSA) is 73.1 Å². The molecule has 0 saturated heterocycles. The van der Waals surface area contributed by atoms with E-state index in [2.05, 4.69) is 5.32 Å². The number of nitrogens with one attached hydrogen (secondary N) is 1. The molecule has 0 bridgehead atoms. The zero-order valence-corrected chi connectivity index (χ0v) is 17.9. The third-order valence-corrected chi connectivity index (χ3v) is 6.02. The molecule has 2 heterocycles. The Balaban J connectivity index is 1.81. The lowest BCUT2D eigenvalue weighted by Crippen LogP contribution is -2.40. The van der Waals surface area contributed by atoms with Crippen LogP contribution in [0.3, 0.4) is 0 Å². The molecule has 0 radical (unpaired) electrons. The largest absolute Gasteiger partial charge is 0.337 e. The van der Waals surface area contributed by atoms with E-state index in [9.17, 15) is 14.4 Å². The number of carbonyl (C=O) groups excluding carboxylic acids is 1. The Morgan fingerprint density at radius 3 is 2.50 bits per heavy atom. The van der Waals surface area contributed by atoms with Crippen molar-refractivity contribution < 1.29 is 4.79 Å². The van der Waals surface area contributed by atoms with Crippen LogP contribution in [-0.2, 0) is 11.3 Å². The summed E-state index contributed by atoms with van der Waals surface area (Å²) in [4.78, 5) is 40.4. The van der Waals surface area contributed by atoms with Crippen LogP contribution in [0.1, 0.15) is 10.4 Å². The number of halogens is 1. The summed E-state index contributed by atoms with van der Waals surface area (Å²) in [5.74, 6) is -0.367. The minimum atomic E-state index is -0.552. The van der Waals surface area contributed by atoms with Crippen molar-refractivity contribution in [1.29, 1.82) is 0 Å². The van der Waals surface area contributed by atoms with Gasteiger partial charge in [0.15, 0.2) is 0 Å². The Bertz CT molecular complexity index is 1390. The molecule has 0 aliphatic rings. The van der Waals surface area contributed by atoms with E-state index in [0.29, 0.717) is 26.6 Å². The molecule has 2 aromatic heterocycles. The molecular formula is C22H18ClN3O3S. The summed E-state index contributed by atoms with van der Waals surface area (Å²) in [5, 5.41) is 3.81. The number of aryl methyl sites for hydroxylation is 2. The molecule has 1 amide bonds. The third-order valence-electron chi connectivity index (χ3n) is 4.72. The number of carbonyl (C=O) groups is 1. The van der Waals surface area contributed by atoms with Crippen molar-refractivity contribution in [3.63, 3.8) is 0 Å². The zero-order chi connectivity index (χ0) is 21.4. The molecule has 0 saturated carbocycles. The number of hydrogen-bond acceptors (Lipinski definition) is 4. The smallest absolute Gasteiger partial charge is 0.324 e. The van der Waals surface area contributed by atoms with Gasteiger partial charge in [-0.3, -0.25) is 14.2 Å². The van der Waals surface area contributed by atoms with Gasteiger partial charge in [-0.1, -0.05) is 29.8 Å². The number of hydrogen-bond donors (Lipinski definition) is 1. The van der Waals surface area contributed by atoms with E-state index in [4.69, 9.17) is 11.6 Å². The Kier molecular flexibility index (Phi) is 5.32. The first-order valence-corrected chi connectivity index (χ1v) is 10.4. The number of aromatic nitrogens is 2. The minimum absolute atomic E-state index is 0.218. The zero-order valence-electron chi connectivity index (χ0n) is 16.3. The van der Waals surface area contributed by atoms with Gasteiger partial charge in [0.05, 0.1) is 11.1 Å². The fraction of sp³-hybridized carbons (Fsp3) is 0.136. The minimum Gasteiger partial charge on any atom is -0.324 e. The van der Waals surface area contributed by atoms with Crippen LogP contribution in [0.4, 0.5) is 5.69 Å². The molecule has 0 spiro atoms. The van der Waals surface area contributed by atoms with Crippen molar-refractivity contribution in [2.24, 2.45) is 0 Å². The number of nitrogens with zero attached hydrogens (tertiary/aromatic N) is 2. The molecule has 4 aromatic rings. The second-order valence-electron chi connectivity index (χ2n) is 6.93. The Morgan fingerprint density at radius 2 is 1.80 bits per heavy atom. The summed E-state index contributed by atoms with van der Waals surface area (Å²) >= 11 is 7.29. The van der Waals surface area contributed by atoms with Gasteiger partial charge in [-0.25, -0.2) is 9.36 Å². The van der Waals surface area contributed by atoms with Gasteiger partial charge in [-0.05, 0) is 55.8 Å². The van der Waals surface area contributed by atoms with Crippen molar-refractivity contribution in [3.05, 3.63) is 90.9 Å². The van der Waals surface area contributed by atoms with Crippen LogP contribution in [0.15, 0.2) is 64.2 Å². The van der Waals surface area contributed by atoms with Crippen molar-refractivity contribution in [1.82, 2.24) is 9.13 Å². The van der Waals surface area contributed by atoms with E-state index < -0.39 is 11.2 Å². The molecule has 0 fully saturated rings. The van der Waals surface area contributed by atoms with Gasteiger partial charge in [0.1, 0.15) is 11.4 Å². The van der Waals surface area contributed by atoms with Crippen LogP contribution in [0, 0.1) is 13.8 Å². The highest BCUT2D eigenvalue weighted by atomic mass is 35.5. The molecule has 2 aromatic carbocycles. The van der Waals surface area contributed by atoms with Crippen molar-refractivity contribution in [3.8, 4) is 5.69 Å². The van der Waals surface area contributed by atoms with Crippen LogP contribution >= 0.6 is 22.9 Å².